The molecule has 1 atom stereocenters. The topological polar surface area (TPSA) is 37.4 Å². The second kappa shape index (κ2) is 4.28. The van der Waals surface area contributed by atoms with Gasteiger partial charge in [0.2, 0.25) is 5.91 Å². The number of thioether (sulfide) groups is 1. The van der Waals surface area contributed by atoms with Gasteiger partial charge in [-0.15, -0.1) is 0 Å². The van der Waals surface area contributed by atoms with E-state index >= 15 is 0 Å². The van der Waals surface area contributed by atoms with Crippen LogP contribution in [-0.4, -0.2) is 16.4 Å². The SMILES string of the molecule is CC1SC(=O)N(c2cc(Cl)cc(Cl)c2)C1=O. The molecule has 6 heteroatoms. The van der Waals surface area contributed by atoms with Gasteiger partial charge in [0, 0.05) is 10.0 Å². The first-order valence-electron chi connectivity index (χ1n) is 4.49. The first-order chi connectivity index (χ1) is 7.49. The Kier molecular flexibility index (Phi) is 3.15. The highest BCUT2D eigenvalue weighted by molar-refractivity contribution is 8.15. The lowest BCUT2D eigenvalue weighted by Gasteiger charge is -2.13. The molecule has 0 N–H and O–H groups in total. The van der Waals surface area contributed by atoms with Gasteiger partial charge in [-0.05, 0) is 25.1 Å². The van der Waals surface area contributed by atoms with Crippen LogP contribution >= 0.6 is 35.0 Å². The van der Waals surface area contributed by atoms with Crippen molar-refractivity contribution in [2.75, 3.05) is 4.90 Å². The molecule has 2 amide bonds. The van der Waals surface area contributed by atoms with Crippen molar-refractivity contribution in [1.82, 2.24) is 0 Å². The van der Waals surface area contributed by atoms with Gasteiger partial charge >= 0.3 is 0 Å². The molecule has 0 aliphatic carbocycles. The molecule has 0 aromatic heterocycles. The Balaban J connectivity index is 2.44. The van der Waals surface area contributed by atoms with Crippen LogP contribution in [0.15, 0.2) is 18.2 Å². The second-order valence-corrected chi connectivity index (χ2v) is 5.49. The summed E-state index contributed by atoms with van der Waals surface area (Å²) < 4.78 is 0. The van der Waals surface area contributed by atoms with Gasteiger partial charge in [0.25, 0.3) is 5.24 Å². The molecule has 1 aliphatic rings. The minimum absolute atomic E-state index is 0.242. The van der Waals surface area contributed by atoms with Crippen LogP contribution in [0.2, 0.25) is 10.0 Å². The van der Waals surface area contributed by atoms with E-state index in [1.165, 1.54) is 0 Å². The van der Waals surface area contributed by atoms with E-state index in [0.29, 0.717) is 15.7 Å². The quantitative estimate of drug-likeness (QED) is 0.786. The highest BCUT2D eigenvalue weighted by Crippen LogP contribution is 2.34. The molecule has 0 bridgehead atoms. The lowest BCUT2D eigenvalue weighted by Crippen LogP contribution is -2.30. The van der Waals surface area contributed by atoms with Crippen molar-refractivity contribution < 1.29 is 9.59 Å². The number of hydrogen-bond acceptors (Lipinski definition) is 3. The lowest BCUT2D eigenvalue weighted by molar-refractivity contribution is -0.116. The van der Waals surface area contributed by atoms with E-state index in [1.54, 1.807) is 25.1 Å². The van der Waals surface area contributed by atoms with Crippen LogP contribution in [0.25, 0.3) is 0 Å². The Morgan fingerprint density at radius 3 is 2.19 bits per heavy atom. The molecule has 1 aromatic rings. The zero-order chi connectivity index (χ0) is 11.9. The highest BCUT2D eigenvalue weighted by atomic mass is 35.5. The smallest absolute Gasteiger partial charge is 0.273 e. The summed E-state index contributed by atoms with van der Waals surface area (Å²) in [6.07, 6.45) is 0. The summed E-state index contributed by atoms with van der Waals surface area (Å²) >= 11 is 12.6. The zero-order valence-electron chi connectivity index (χ0n) is 8.24. The fraction of sp³-hybridized carbons (Fsp3) is 0.200. The van der Waals surface area contributed by atoms with Gasteiger partial charge in [-0.25, -0.2) is 4.90 Å². The summed E-state index contributed by atoms with van der Waals surface area (Å²) in [5, 5.41) is 0.140. The molecule has 16 heavy (non-hydrogen) atoms. The number of amides is 2. The molecule has 1 fully saturated rings. The number of carbonyl (C=O) groups is 2. The zero-order valence-corrected chi connectivity index (χ0v) is 10.6. The Hall–Kier alpha value is -0.710. The predicted octanol–water partition coefficient (Wildman–Crippen LogP) is 3.58. The van der Waals surface area contributed by atoms with Gasteiger partial charge in [0.15, 0.2) is 0 Å². The third-order valence-corrected chi connectivity index (χ3v) is 3.51. The van der Waals surface area contributed by atoms with Crippen LogP contribution in [0.4, 0.5) is 10.5 Å². The molecule has 1 aromatic carbocycles. The maximum absolute atomic E-state index is 11.7. The third-order valence-electron chi connectivity index (χ3n) is 2.13. The summed E-state index contributed by atoms with van der Waals surface area (Å²) in [6, 6.07) is 4.64. The number of carbonyl (C=O) groups excluding carboxylic acids is 2. The minimum Gasteiger partial charge on any atom is -0.273 e. The summed E-state index contributed by atoms with van der Waals surface area (Å²) in [7, 11) is 0. The molecule has 84 valence electrons. The number of halogens is 2. The molecule has 1 heterocycles. The number of nitrogens with zero attached hydrogens (tertiary/aromatic N) is 1. The number of rotatable bonds is 1. The van der Waals surface area contributed by atoms with Crippen molar-refractivity contribution in [3.05, 3.63) is 28.2 Å². The maximum atomic E-state index is 11.7. The van der Waals surface area contributed by atoms with Crippen LogP contribution in [0.3, 0.4) is 0 Å². The van der Waals surface area contributed by atoms with E-state index in [0.717, 1.165) is 16.7 Å². The van der Waals surface area contributed by atoms with Gasteiger partial charge in [-0.1, -0.05) is 35.0 Å². The molecule has 0 spiro atoms. The van der Waals surface area contributed by atoms with Crippen molar-refractivity contribution in [2.45, 2.75) is 12.2 Å². The van der Waals surface area contributed by atoms with Crippen LogP contribution in [0.5, 0.6) is 0 Å². The van der Waals surface area contributed by atoms with Crippen LogP contribution in [-0.2, 0) is 4.79 Å². The fourth-order valence-corrected chi connectivity index (χ4v) is 2.75. The van der Waals surface area contributed by atoms with Crippen molar-refractivity contribution in [3.63, 3.8) is 0 Å². The normalized spacial score (nSPS) is 20.7. The molecule has 1 aliphatic heterocycles. The predicted molar refractivity (Wildman–Crippen MR) is 66.4 cm³/mol. The molecule has 3 nitrogen and oxygen atoms in total. The molecular weight excluding hydrogens is 269 g/mol. The first kappa shape index (κ1) is 11.8. The summed E-state index contributed by atoms with van der Waals surface area (Å²) in [5.74, 6) is -0.242. The molecular formula is C10H7Cl2NO2S. The van der Waals surface area contributed by atoms with E-state index in [2.05, 4.69) is 0 Å². The molecule has 1 unspecified atom stereocenters. The third kappa shape index (κ3) is 2.05. The van der Waals surface area contributed by atoms with Crippen LogP contribution in [0.1, 0.15) is 6.92 Å². The van der Waals surface area contributed by atoms with Crippen molar-refractivity contribution in [1.29, 1.82) is 0 Å². The summed E-state index contributed by atoms with van der Waals surface area (Å²) in [5.41, 5.74) is 0.421. The van der Waals surface area contributed by atoms with Gasteiger partial charge < -0.3 is 0 Å². The van der Waals surface area contributed by atoms with E-state index in [9.17, 15) is 9.59 Å². The van der Waals surface area contributed by atoms with Crippen molar-refractivity contribution in [2.24, 2.45) is 0 Å². The Bertz CT molecular complexity index is 458. The lowest BCUT2D eigenvalue weighted by atomic mass is 10.3. The maximum Gasteiger partial charge on any atom is 0.293 e. The Morgan fingerprint density at radius 1 is 1.19 bits per heavy atom. The largest absolute Gasteiger partial charge is 0.293 e. The molecule has 2 rings (SSSR count). The standard InChI is InChI=1S/C10H7Cl2NO2S/c1-5-9(14)13(10(15)16-5)8-3-6(11)2-7(12)4-8/h2-5H,1H3. The number of imide groups is 1. The number of anilines is 1. The Morgan fingerprint density at radius 2 is 1.75 bits per heavy atom. The van der Waals surface area contributed by atoms with E-state index in [-0.39, 0.29) is 16.4 Å². The second-order valence-electron chi connectivity index (χ2n) is 3.33. The van der Waals surface area contributed by atoms with Gasteiger partial charge in [-0.2, -0.15) is 0 Å². The number of benzene rings is 1. The molecule has 1 saturated heterocycles. The highest BCUT2D eigenvalue weighted by Gasteiger charge is 2.37. The average Bonchev–Trinajstić information content (AvgIpc) is 2.39. The van der Waals surface area contributed by atoms with E-state index in [1.807, 2.05) is 0 Å². The fourth-order valence-electron chi connectivity index (χ4n) is 1.43. The minimum atomic E-state index is -0.356. The summed E-state index contributed by atoms with van der Waals surface area (Å²) in [6.45, 7) is 1.69. The van der Waals surface area contributed by atoms with E-state index < -0.39 is 0 Å². The van der Waals surface area contributed by atoms with Gasteiger partial charge in [0.1, 0.15) is 0 Å². The van der Waals surface area contributed by atoms with E-state index in [4.69, 9.17) is 23.2 Å². The van der Waals surface area contributed by atoms with Crippen LogP contribution < -0.4 is 4.90 Å². The number of hydrogen-bond donors (Lipinski definition) is 0. The molecule has 0 radical (unpaired) electrons. The Labute approximate surface area is 107 Å². The molecule has 0 saturated carbocycles. The average molecular weight is 276 g/mol. The summed E-state index contributed by atoms with van der Waals surface area (Å²) in [4.78, 5) is 24.4. The monoisotopic (exact) mass is 275 g/mol. The van der Waals surface area contributed by atoms with Gasteiger partial charge in [-0.3, -0.25) is 9.59 Å². The van der Waals surface area contributed by atoms with Gasteiger partial charge in [0.05, 0.1) is 10.9 Å². The first-order valence-corrected chi connectivity index (χ1v) is 6.13. The van der Waals surface area contributed by atoms with Crippen molar-refractivity contribution in [3.8, 4) is 0 Å². The van der Waals surface area contributed by atoms with Crippen LogP contribution in [0, 0.1) is 0 Å². The van der Waals surface area contributed by atoms with Crippen molar-refractivity contribution >= 4 is 51.8 Å².